The fraction of sp³-hybridized carbons (Fsp3) is 0.316. The molecule has 0 aromatic heterocycles. The first-order valence-electron chi connectivity index (χ1n) is 8.10. The van der Waals surface area contributed by atoms with E-state index in [1.165, 1.54) is 0 Å². The van der Waals surface area contributed by atoms with Gasteiger partial charge in [-0.05, 0) is 38.1 Å². The van der Waals surface area contributed by atoms with Crippen molar-refractivity contribution >= 4 is 17.3 Å². The number of hydrogen-bond acceptors (Lipinski definition) is 3. The van der Waals surface area contributed by atoms with Crippen LogP contribution in [-0.2, 0) is 0 Å². The van der Waals surface area contributed by atoms with E-state index >= 15 is 0 Å². The zero-order chi connectivity index (χ0) is 17.4. The number of rotatable bonds is 6. The van der Waals surface area contributed by atoms with Crippen LogP contribution in [0.2, 0.25) is 0 Å². The number of methoxy groups -OCH3 is 2. The fourth-order valence-corrected chi connectivity index (χ4v) is 2.41. The third-order valence-corrected chi connectivity index (χ3v) is 3.73. The molecule has 0 atom stereocenters. The Balaban J connectivity index is 2.43. The minimum Gasteiger partial charge on any atom is -0.495 e. The number of nitrogens with zero attached hydrogens (tertiary/aromatic N) is 2. The Morgan fingerprint density at radius 1 is 0.917 bits per heavy atom. The number of ether oxygens (including phenoxy) is 2. The van der Waals surface area contributed by atoms with E-state index in [2.05, 4.69) is 24.1 Å². The average Bonchev–Trinajstić information content (AvgIpc) is 2.63. The molecule has 0 fully saturated rings. The highest BCUT2D eigenvalue weighted by Crippen LogP contribution is 2.28. The summed E-state index contributed by atoms with van der Waals surface area (Å²) in [6.45, 7) is 5.88. The van der Waals surface area contributed by atoms with Crippen molar-refractivity contribution in [2.45, 2.75) is 13.8 Å². The van der Waals surface area contributed by atoms with Gasteiger partial charge in [0.15, 0.2) is 0 Å². The molecule has 0 amide bonds. The van der Waals surface area contributed by atoms with Gasteiger partial charge in [-0.15, -0.1) is 0 Å². The van der Waals surface area contributed by atoms with E-state index < -0.39 is 0 Å². The lowest BCUT2D eigenvalue weighted by Gasteiger charge is -2.24. The van der Waals surface area contributed by atoms with E-state index in [-0.39, 0.29) is 0 Å². The summed E-state index contributed by atoms with van der Waals surface area (Å²) >= 11 is 0. The van der Waals surface area contributed by atoms with Crippen LogP contribution in [0.15, 0.2) is 53.5 Å². The van der Waals surface area contributed by atoms with Gasteiger partial charge < -0.3 is 19.7 Å². The lowest BCUT2D eigenvalue weighted by molar-refractivity contribution is 0.415. The molecule has 0 unspecified atom stereocenters. The van der Waals surface area contributed by atoms with Crippen LogP contribution in [-0.4, -0.2) is 38.2 Å². The molecule has 128 valence electrons. The van der Waals surface area contributed by atoms with Crippen LogP contribution >= 0.6 is 0 Å². The molecule has 2 aromatic rings. The normalized spacial score (nSPS) is 11.1. The number of guanidine groups is 1. The van der Waals surface area contributed by atoms with Crippen molar-refractivity contribution < 1.29 is 9.47 Å². The fourth-order valence-electron chi connectivity index (χ4n) is 2.41. The first-order chi connectivity index (χ1) is 11.7. The van der Waals surface area contributed by atoms with Gasteiger partial charge in [0.2, 0.25) is 5.96 Å². The van der Waals surface area contributed by atoms with Crippen molar-refractivity contribution in [3.05, 3.63) is 48.5 Å². The predicted octanol–water partition coefficient (Wildman–Crippen LogP) is 4.15. The molecule has 0 bridgehead atoms. The number of para-hydroxylation sites is 4. The summed E-state index contributed by atoms with van der Waals surface area (Å²) in [5.41, 5.74) is 1.66. The van der Waals surface area contributed by atoms with Crippen LogP contribution in [0.5, 0.6) is 11.5 Å². The summed E-state index contributed by atoms with van der Waals surface area (Å²) in [4.78, 5) is 6.94. The second kappa shape index (κ2) is 8.82. The van der Waals surface area contributed by atoms with Gasteiger partial charge in [-0.25, -0.2) is 4.99 Å². The molecule has 1 N–H and O–H groups in total. The Kier molecular flexibility index (Phi) is 6.49. The van der Waals surface area contributed by atoms with Crippen LogP contribution in [0.3, 0.4) is 0 Å². The molecule has 0 aliphatic rings. The smallest absolute Gasteiger partial charge is 0.203 e. The zero-order valence-corrected chi connectivity index (χ0v) is 14.7. The van der Waals surface area contributed by atoms with Gasteiger partial charge in [0.25, 0.3) is 0 Å². The predicted molar refractivity (Wildman–Crippen MR) is 99.6 cm³/mol. The van der Waals surface area contributed by atoms with Crippen molar-refractivity contribution in [2.24, 2.45) is 4.99 Å². The van der Waals surface area contributed by atoms with Gasteiger partial charge in [0.1, 0.15) is 17.2 Å². The van der Waals surface area contributed by atoms with Crippen molar-refractivity contribution in [3.63, 3.8) is 0 Å². The summed E-state index contributed by atoms with van der Waals surface area (Å²) in [7, 11) is 3.31. The van der Waals surface area contributed by atoms with Gasteiger partial charge in [-0.3, -0.25) is 0 Å². The first-order valence-corrected chi connectivity index (χ1v) is 8.10. The van der Waals surface area contributed by atoms with Gasteiger partial charge in [0.05, 0.1) is 19.9 Å². The molecule has 5 heteroatoms. The molecular formula is C19H25N3O2. The lowest BCUT2D eigenvalue weighted by Crippen LogP contribution is -2.36. The molecule has 24 heavy (non-hydrogen) atoms. The van der Waals surface area contributed by atoms with Gasteiger partial charge in [-0.2, -0.15) is 0 Å². The average molecular weight is 327 g/mol. The quantitative estimate of drug-likeness (QED) is 0.640. The third-order valence-electron chi connectivity index (χ3n) is 3.73. The first kappa shape index (κ1) is 17.7. The van der Waals surface area contributed by atoms with Gasteiger partial charge >= 0.3 is 0 Å². The molecular weight excluding hydrogens is 302 g/mol. The van der Waals surface area contributed by atoms with Crippen molar-refractivity contribution in [1.29, 1.82) is 0 Å². The Morgan fingerprint density at radius 3 is 2.12 bits per heavy atom. The lowest BCUT2D eigenvalue weighted by atomic mass is 10.3. The summed E-state index contributed by atoms with van der Waals surface area (Å²) in [6.07, 6.45) is 0. The molecule has 0 saturated heterocycles. The summed E-state index contributed by atoms with van der Waals surface area (Å²) < 4.78 is 10.8. The van der Waals surface area contributed by atoms with E-state index in [4.69, 9.17) is 14.5 Å². The SMILES string of the molecule is CCN(CC)C(=Nc1ccccc1OC)Nc1ccccc1OC. The van der Waals surface area contributed by atoms with E-state index in [0.717, 1.165) is 41.9 Å². The Hall–Kier alpha value is -2.69. The standard InChI is InChI=1S/C19H25N3O2/c1-5-22(6-2)19(20-15-11-7-9-13-17(15)23-3)21-16-12-8-10-14-18(16)24-4/h7-14H,5-6H2,1-4H3,(H,20,21). The topological polar surface area (TPSA) is 46.1 Å². The minimum atomic E-state index is 0.740. The Bertz CT molecular complexity index is 682. The number of anilines is 1. The Labute approximate surface area is 143 Å². The highest BCUT2D eigenvalue weighted by molar-refractivity contribution is 5.96. The van der Waals surface area contributed by atoms with E-state index in [0.29, 0.717) is 0 Å². The summed E-state index contributed by atoms with van der Waals surface area (Å²) in [5.74, 6) is 2.27. The molecule has 0 spiro atoms. The van der Waals surface area contributed by atoms with Crippen LogP contribution in [0.4, 0.5) is 11.4 Å². The summed E-state index contributed by atoms with van der Waals surface area (Å²) in [6, 6.07) is 15.5. The molecule has 5 nitrogen and oxygen atoms in total. The molecule has 2 aromatic carbocycles. The van der Waals surface area contributed by atoms with Gasteiger partial charge in [0, 0.05) is 13.1 Å². The van der Waals surface area contributed by atoms with E-state index in [9.17, 15) is 0 Å². The monoisotopic (exact) mass is 327 g/mol. The summed E-state index contributed by atoms with van der Waals surface area (Å²) in [5, 5.41) is 3.40. The molecule has 2 rings (SSSR count). The molecule has 0 aliphatic carbocycles. The van der Waals surface area contributed by atoms with Crippen LogP contribution < -0.4 is 14.8 Å². The van der Waals surface area contributed by atoms with Crippen molar-refractivity contribution in [3.8, 4) is 11.5 Å². The van der Waals surface area contributed by atoms with Crippen LogP contribution in [0.1, 0.15) is 13.8 Å². The van der Waals surface area contributed by atoms with Crippen LogP contribution in [0.25, 0.3) is 0 Å². The number of aliphatic imine (C=N–C) groups is 1. The molecule has 0 heterocycles. The van der Waals surface area contributed by atoms with Gasteiger partial charge in [-0.1, -0.05) is 24.3 Å². The largest absolute Gasteiger partial charge is 0.495 e. The maximum atomic E-state index is 5.43. The van der Waals surface area contributed by atoms with Crippen molar-refractivity contribution in [1.82, 2.24) is 4.90 Å². The maximum absolute atomic E-state index is 5.43. The number of benzene rings is 2. The minimum absolute atomic E-state index is 0.740. The maximum Gasteiger partial charge on any atom is 0.203 e. The second-order valence-electron chi connectivity index (χ2n) is 5.10. The van der Waals surface area contributed by atoms with E-state index in [1.54, 1.807) is 14.2 Å². The number of hydrogen-bond donors (Lipinski definition) is 1. The second-order valence-corrected chi connectivity index (χ2v) is 5.10. The zero-order valence-electron chi connectivity index (χ0n) is 14.7. The Morgan fingerprint density at radius 2 is 1.50 bits per heavy atom. The highest BCUT2D eigenvalue weighted by Gasteiger charge is 2.12. The molecule has 0 aliphatic heterocycles. The van der Waals surface area contributed by atoms with Crippen LogP contribution in [0, 0.1) is 0 Å². The third kappa shape index (κ3) is 4.19. The number of nitrogens with one attached hydrogen (secondary N) is 1. The molecule has 0 radical (unpaired) electrons. The van der Waals surface area contributed by atoms with E-state index in [1.807, 2.05) is 48.5 Å². The van der Waals surface area contributed by atoms with Crippen molar-refractivity contribution in [2.75, 3.05) is 32.6 Å². The molecule has 0 saturated carbocycles. The highest BCUT2D eigenvalue weighted by atomic mass is 16.5.